The summed E-state index contributed by atoms with van der Waals surface area (Å²) in [6.07, 6.45) is 1.44. The van der Waals surface area contributed by atoms with Crippen LogP contribution in [-0.4, -0.2) is 38.5 Å². The van der Waals surface area contributed by atoms with Crippen LogP contribution >= 0.6 is 11.6 Å². The van der Waals surface area contributed by atoms with Gasteiger partial charge in [-0.05, 0) is 63.4 Å². The van der Waals surface area contributed by atoms with E-state index in [2.05, 4.69) is 30.2 Å². The fourth-order valence-electron chi connectivity index (χ4n) is 3.05. The maximum absolute atomic E-state index is 12.3. The molecule has 0 aliphatic rings. The molecule has 10 heteroatoms. The molecule has 1 heterocycles. The Hall–Kier alpha value is -2.88. The summed E-state index contributed by atoms with van der Waals surface area (Å²) in [6, 6.07) is 14.0. The minimum atomic E-state index is -3.59. The molecule has 2 aromatic carbocycles. The Morgan fingerprint density at radius 2 is 1.58 bits per heavy atom. The molecule has 0 bridgehead atoms. The second-order valence-electron chi connectivity index (χ2n) is 6.60. The van der Waals surface area contributed by atoms with Crippen LogP contribution in [-0.2, 0) is 10.0 Å². The zero-order chi connectivity index (χ0) is 22.4. The minimum absolute atomic E-state index is 0.168. The zero-order valence-electron chi connectivity index (χ0n) is 17.6. The van der Waals surface area contributed by atoms with Gasteiger partial charge in [0.15, 0.2) is 0 Å². The van der Waals surface area contributed by atoms with Gasteiger partial charge in [-0.25, -0.2) is 23.1 Å². The third kappa shape index (κ3) is 5.63. The Morgan fingerprint density at radius 3 is 2.19 bits per heavy atom. The van der Waals surface area contributed by atoms with E-state index in [9.17, 15) is 8.42 Å². The highest BCUT2D eigenvalue weighted by molar-refractivity contribution is 7.89. The highest BCUT2D eigenvalue weighted by atomic mass is 35.5. The molecule has 0 amide bonds. The molecule has 0 atom stereocenters. The average molecular weight is 461 g/mol. The van der Waals surface area contributed by atoms with Crippen molar-refractivity contribution in [2.75, 3.05) is 35.7 Å². The van der Waals surface area contributed by atoms with E-state index >= 15 is 0 Å². The quantitative estimate of drug-likeness (QED) is 0.436. The van der Waals surface area contributed by atoms with E-state index in [4.69, 9.17) is 11.6 Å². The molecule has 31 heavy (non-hydrogen) atoms. The lowest BCUT2D eigenvalue weighted by atomic mass is 10.2. The molecule has 3 aromatic rings. The monoisotopic (exact) mass is 460 g/mol. The SMILES string of the molecule is CCN(CC)c1ccc(S(=O)(=O)NC)cc1Nc1cc(Nc2ccc(Cl)cc2)ncn1. The zero-order valence-corrected chi connectivity index (χ0v) is 19.1. The molecule has 164 valence electrons. The number of nitrogens with one attached hydrogen (secondary N) is 3. The number of rotatable bonds is 9. The van der Waals surface area contributed by atoms with Crippen LogP contribution in [0.25, 0.3) is 0 Å². The van der Waals surface area contributed by atoms with Gasteiger partial charge in [-0.2, -0.15) is 0 Å². The smallest absolute Gasteiger partial charge is 0.240 e. The van der Waals surface area contributed by atoms with Gasteiger partial charge in [-0.15, -0.1) is 0 Å². The number of hydrogen-bond acceptors (Lipinski definition) is 7. The molecule has 0 aliphatic heterocycles. The molecule has 0 radical (unpaired) electrons. The van der Waals surface area contributed by atoms with Crippen LogP contribution in [0, 0.1) is 0 Å². The van der Waals surface area contributed by atoms with Crippen molar-refractivity contribution in [2.24, 2.45) is 0 Å². The molecular formula is C21H25ClN6O2S. The van der Waals surface area contributed by atoms with Gasteiger partial charge in [0.1, 0.15) is 18.0 Å². The summed E-state index contributed by atoms with van der Waals surface area (Å²) in [7, 11) is -2.20. The van der Waals surface area contributed by atoms with Gasteiger partial charge in [0.25, 0.3) is 0 Å². The number of benzene rings is 2. The van der Waals surface area contributed by atoms with Crippen molar-refractivity contribution in [1.82, 2.24) is 14.7 Å². The number of hydrogen-bond donors (Lipinski definition) is 3. The summed E-state index contributed by atoms with van der Waals surface area (Å²) in [5.74, 6) is 1.11. The summed E-state index contributed by atoms with van der Waals surface area (Å²) >= 11 is 5.93. The maximum Gasteiger partial charge on any atom is 0.240 e. The van der Waals surface area contributed by atoms with Gasteiger partial charge < -0.3 is 15.5 Å². The minimum Gasteiger partial charge on any atom is -0.370 e. The van der Waals surface area contributed by atoms with E-state index in [0.29, 0.717) is 22.3 Å². The van der Waals surface area contributed by atoms with Crippen LogP contribution < -0.4 is 20.3 Å². The normalized spacial score (nSPS) is 11.2. The second kappa shape index (κ2) is 9.95. The van der Waals surface area contributed by atoms with Crippen molar-refractivity contribution in [2.45, 2.75) is 18.7 Å². The fourth-order valence-corrected chi connectivity index (χ4v) is 3.94. The number of halogens is 1. The molecule has 3 N–H and O–H groups in total. The van der Waals surface area contributed by atoms with Gasteiger partial charge in [0, 0.05) is 29.9 Å². The molecule has 8 nitrogen and oxygen atoms in total. The van der Waals surface area contributed by atoms with Crippen molar-refractivity contribution in [3.63, 3.8) is 0 Å². The van der Waals surface area contributed by atoms with Crippen molar-refractivity contribution in [3.05, 3.63) is 59.9 Å². The van der Waals surface area contributed by atoms with Crippen LogP contribution in [0.2, 0.25) is 5.02 Å². The summed E-state index contributed by atoms with van der Waals surface area (Å²) in [4.78, 5) is 10.8. The highest BCUT2D eigenvalue weighted by Gasteiger charge is 2.17. The first-order valence-electron chi connectivity index (χ1n) is 9.80. The predicted molar refractivity (Wildman–Crippen MR) is 126 cm³/mol. The Morgan fingerprint density at radius 1 is 0.935 bits per heavy atom. The molecule has 0 saturated heterocycles. The lowest BCUT2D eigenvalue weighted by Crippen LogP contribution is -2.24. The standard InChI is InChI=1S/C21H25ClN6O2S/c1-4-28(5-2)19-11-10-17(31(29,30)23-3)12-18(19)27-21-13-20(24-14-25-21)26-16-8-6-15(22)7-9-16/h6-14,23H,4-5H2,1-3H3,(H2,24,25,26,27). The predicted octanol–water partition coefficient (Wildman–Crippen LogP) is 4.37. The third-order valence-electron chi connectivity index (χ3n) is 4.70. The van der Waals surface area contributed by atoms with Crippen molar-refractivity contribution < 1.29 is 8.42 Å². The fraction of sp³-hybridized carbons (Fsp3) is 0.238. The maximum atomic E-state index is 12.3. The molecule has 0 fully saturated rings. The van der Waals surface area contributed by atoms with Gasteiger partial charge in [-0.3, -0.25) is 0 Å². The first-order chi connectivity index (χ1) is 14.9. The van der Waals surface area contributed by atoms with Gasteiger partial charge >= 0.3 is 0 Å². The second-order valence-corrected chi connectivity index (χ2v) is 8.93. The van der Waals surface area contributed by atoms with Crippen molar-refractivity contribution in [1.29, 1.82) is 0 Å². The van der Waals surface area contributed by atoms with E-state index in [1.807, 2.05) is 26.0 Å². The lowest BCUT2D eigenvalue weighted by Gasteiger charge is -2.25. The van der Waals surface area contributed by atoms with Crippen LogP contribution in [0.1, 0.15) is 13.8 Å². The molecule has 0 spiro atoms. The molecular weight excluding hydrogens is 436 g/mol. The van der Waals surface area contributed by atoms with E-state index in [-0.39, 0.29) is 4.90 Å². The summed E-state index contributed by atoms with van der Waals surface area (Å²) in [5, 5.41) is 7.09. The number of aromatic nitrogens is 2. The number of anilines is 5. The van der Waals surface area contributed by atoms with Crippen LogP contribution in [0.5, 0.6) is 0 Å². The molecule has 0 unspecified atom stereocenters. The first kappa shape index (κ1) is 22.8. The highest BCUT2D eigenvalue weighted by Crippen LogP contribution is 2.31. The van der Waals surface area contributed by atoms with Crippen LogP contribution in [0.15, 0.2) is 59.8 Å². The van der Waals surface area contributed by atoms with E-state index in [1.165, 1.54) is 13.4 Å². The Labute approximate surface area is 187 Å². The number of sulfonamides is 1. The summed E-state index contributed by atoms with van der Waals surface area (Å²) in [6.45, 7) is 5.64. The van der Waals surface area contributed by atoms with Crippen molar-refractivity contribution in [3.8, 4) is 0 Å². The van der Waals surface area contributed by atoms with E-state index < -0.39 is 10.0 Å². The Balaban J connectivity index is 1.94. The Kier molecular flexibility index (Phi) is 7.32. The molecule has 0 aliphatic carbocycles. The third-order valence-corrected chi connectivity index (χ3v) is 6.36. The van der Waals surface area contributed by atoms with E-state index in [0.717, 1.165) is 24.5 Å². The summed E-state index contributed by atoms with van der Waals surface area (Å²) in [5.41, 5.74) is 2.35. The van der Waals surface area contributed by atoms with Gasteiger partial charge in [-0.1, -0.05) is 11.6 Å². The molecule has 0 saturated carbocycles. The molecule has 3 rings (SSSR count). The Bertz CT molecular complexity index is 1130. The largest absolute Gasteiger partial charge is 0.370 e. The summed E-state index contributed by atoms with van der Waals surface area (Å²) < 4.78 is 27.0. The molecule has 1 aromatic heterocycles. The number of nitrogens with zero attached hydrogens (tertiary/aromatic N) is 3. The first-order valence-corrected chi connectivity index (χ1v) is 11.7. The average Bonchev–Trinajstić information content (AvgIpc) is 2.77. The van der Waals surface area contributed by atoms with Crippen LogP contribution in [0.4, 0.5) is 28.7 Å². The van der Waals surface area contributed by atoms with Crippen LogP contribution in [0.3, 0.4) is 0 Å². The van der Waals surface area contributed by atoms with Crippen molar-refractivity contribution >= 4 is 50.3 Å². The topological polar surface area (TPSA) is 99.2 Å². The van der Waals surface area contributed by atoms with Gasteiger partial charge in [0.05, 0.1) is 16.3 Å². The van der Waals surface area contributed by atoms with E-state index in [1.54, 1.807) is 36.4 Å². The van der Waals surface area contributed by atoms with Gasteiger partial charge in [0.2, 0.25) is 10.0 Å². The lowest BCUT2D eigenvalue weighted by molar-refractivity contribution is 0.588.